The van der Waals surface area contributed by atoms with Gasteiger partial charge in [-0.15, -0.1) is 0 Å². The Balaban J connectivity index is 3.91. The molecule has 1 atom stereocenters. The van der Waals surface area contributed by atoms with E-state index in [9.17, 15) is 22.8 Å². The monoisotopic (exact) mass is 284 g/mol. The number of alkyl halides is 3. The fourth-order valence-electron chi connectivity index (χ4n) is 1.24. The van der Waals surface area contributed by atoms with Gasteiger partial charge in [0.1, 0.15) is 5.54 Å². The minimum atomic E-state index is -4.19. The van der Waals surface area contributed by atoms with Gasteiger partial charge in [0.05, 0.1) is 0 Å². The summed E-state index contributed by atoms with van der Waals surface area (Å²) in [5, 5.41) is 13.5. The third kappa shape index (κ3) is 7.53. The Bertz CT molecular complexity index is 321. The van der Waals surface area contributed by atoms with Gasteiger partial charge in [-0.25, -0.2) is 9.59 Å². The average molecular weight is 284 g/mol. The van der Waals surface area contributed by atoms with Crippen LogP contribution in [0, 0.1) is 0 Å². The van der Waals surface area contributed by atoms with Gasteiger partial charge in [-0.3, -0.25) is 0 Å². The number of carboxylic acids is 1. The normalized spacial score (nSPS) is 14.6. The Hall–Kier alpha value is -1.47. The van der Waals surface area contributed by atoms with Gasteiger partial charge in [0.15, 0.2) is 0 Å². The topological polar surface area (TPSA) is 78.4 Å². The average Bonchev–Trinajstić information content (AvgIpc) is 2.26. The first kappa shape index (κ1) is 17.5. The molecule has 0 aromatic heterocycles. The number of aliphatic carboxylic acids is 1. The minimum absolute atomic E-state index is 0.0708. The van der Waals surface area contributed by atoms with Crippen LogP contribution in [0.4, 0.5) is 18.0 Å². The number of amides is 2. The minimum Gasteiger partial charge on any atom is -0.480 e. The molecule has 0 fully saturated rings. The Morgan fingerprint density at radius 3 is 2.21 bits per heavy atom. The highest BCUT2D eigenvalue weighted by Gasteiger charge is 2.32. The molecule has 0 saturated heterocycles. The van der Waals surface area contributed by atoms with Crippen molar-refractivity contribution < 1.29 is 27.9 Å². The molecule has 0 rings (SSSR count). The smallest absolute Gasteiger partial charge is 0.389 e. The van der Waals surface area contributed by atoms with Crippen molar-refractivity contribution in [3.8, 4) is 0 Å². The van der Waals surface area contributed by atoms with Gasteiger partial charge in [-0.1, -0.05) is 6.92 Å². The second-order valence-electron chi connectivity index (χ2n) is 4.44. The Kier molecular flexibility index (Phi) is 6.64. The molecule has 0 radical (unpaired) electrons. The van der Waals surface area contributed by atoms with Crippen molar-refractivity contribution in [1.29, 1.82) is 0 Å². The molecule has 5 nitrogen and oxygen atoms in total. The first-order valence-electron chi connectivity index (χ1n) is 5.97. The summed E-state index contributed by atoms with van der Waals surface area (Å²) in [4.78, 5) is 22.3. The zero-order valence-electron chi connectivity index (χ0n) is 10.9. The van der Waals surface area contributed by atoms with E-state index >= 15 is 0 Å². The predicted molar refractivity (Wildman–Crippen MR) is 62.8 cm³/mol. The van der Waals surface area contributed by atoms with Crippen LogP contribution < -0.4 is 10.6 Å². The van der Waals surface area contributed by atoms with Crippen molar-refractivity contribution in [3.05, 3.63) is 0 Å². The molecule has 0 aromatic carbocycles. The van der Waals surface area contributed by atoms with E-state index < -0.39 is 30.1 Å². The number of carbonyl (C=O) groups is 2. The second-order valence-corrected chi connectivity index (χ2v) is 4.44. The molecule has 8 heteroatoms. The first-order valence-corrected chi connectivity index (χ1v) is 5.97. The highest BCUT2D eigenvalue weighted by molar-refractivity contribution is 5.85. The van der Waals surface area contributed by atoms with Crippen LogP contribution in [0.25, 0.3) is 0 Å². The SMILES string of the molecule is CCC(C)(NC(=O)NCCCCC(F)(F)F)C(=O)O. The van der Waals surface area contributed by atoms with Crippen molar-refractivity contribution in [2.24, 2.45) is 0 Å². The molecule has 1 unspecified atom stereocenters. The zero-order chi connectivity index (χ0) is 15.1. The quantitative estimate of drug-likeness (QED) is 0.627. The second kappa shape index (κ2) is 7.20. The molecule has 0 saturated carbocycles. The van der Waals surface area contributed by atoms with Crippen molar-refractivity contribution in [2.45, 2.75) is 51.2 Å². The van der Waals surface area contributed by atoms with E-state index in [0.29, 0.717) is 0 Å². The lowest BCUT2D eigenvalue weighted by molar-refractivity contribution is -0.143. The van der Waals surface area contributed by atoms with Crippen LogP contribution in [0.1, 0.15) is 39.5 Å². The van der Waals surface area contributed by atoms with E-state index in [1.54, 1.807) is 6.92 Å². The summed E-state index contributed by atoms with van der Waals surface area (Å²) < 4.78 is 35.5. The van der Waals surface area contributed by atoms with Crippen LogP contribution >= 0.6 is 0 Å². The largest absolute Gasteiger partial charge is 0.480 e. The van der Waals surface area contributed by atoms with E-state index in [1.165, 1.54) is 6.92 Å². The number of unbranched alkanes of at least 4 members (excludes halogenated alkanes) is 1. The Labute approximate surface area is 109 Å². The number of halogens is 3. The van der Waals surface area contributed by atoms with Crippen molar-refractivity contribution in [1.82, 2.24) is 10.6 Å². The molecule has 0 aliphatic carbocycles. The van der Waals surface area contributed by atoms with Gasteiger partial charge >= 0.3 is 18.2 Å². The molecule has 0 heterocycles. The highest BCUT2D eigenvalue weighted by Crippen LogP contribution is 2.21. The van der Waals surface area contributed by atoms with Crippen molar-refractivity contribution in [3.63, 3.8) is 0 Å². The van der Waals surface area contributed by atoms with Crippen molar-refractivity contribution in [2.75, 3.05) is 6.54 Å². The van der Waals surface area contributed by atoms with Gasteiger partial charge in [0, 0.05) is 13.0 Å². The summed E-state index contributed by atoms with van der Waals surface area (Å²) in [5.41, 5.74) is -1.38. The molecule has 112 valence electrons. The number of carboxylic acid groups (broad SMARTS) is 1. The van der Waals surface area contributed by atoms with E-state index in [2.05, 4.69) is 10.6 Å². The lowest BCUT2D eigenvalue weighted by Gasteiger charge is -2.24. The highest BCUT2D eigenvalue weighted by atomic mass is 19.4. The Morgan fingerprint density at radius 2 is 1.79 bits per heavy atom. The van der Waals surface area contributed by atoms with Crippen LogP contribution in [0.3, 0.4) is 0 Å². The number of urea groups is 1. The lowest BCUT2D eigenvalue weighted by atomic mass is 10.00. The molecule has 0 spiro atoms. The molecular weight excluding hydrogens is 265 g/mol. The van der Waals surface area contributed by atoms with Crippen LogP contribution in [0.2, 0.25) is 0 Å². The maximum Gasteiger partial charge on any atom is 0.389 e. The summed E-state index contributed by atoms with van der Waals surface area (Å²) in [6.45, 7) is 3.04. The zero-order valence-corrected chi connectivity index (χ0v) is 10.9. The number of hydrogen-bond donors (Lipinski definition) is 3. The molecule has 3 N–H and O–H groups in total. The van der Waals surface area contributed by atoms with Gasteiger partial charge < -0.3 is 15.7 Å². The van der Waals surface area contributed by atoms with Crippen LogP contribution in [-0.2, 0) is 4.79 Å². The first-order chi connectivity index (χ1) is 8.60. The van der Waals surface area contributed by atoms with Gasteiger partial charge in [-0.2, -0.15) is 13.2 Å². The number of rotatable bonds is 7. The molecule has 0 aliphatic rings. The van der Waals surface area contributed by atoms with Crippen LogP contribution in [0.5, 0.6) is 0 Å². The molecule has 0 aliphatic heterocycles. The van der Waals surface area contributed by atoms with E-state index in [0.717, 1.165) is 0 Å². The predicted octanol–water partition coefficient (Wildman–Crippen LogP) is 2.27. The maximum atomic E-state index is 11.8. The summed E-state index contributed by atoms with van der Waals surface area (Å²) in [7, 11) is 0. The third-order valence-electron chi connectivity index (χ3n) is 2.74. The number of nitrogens with one attached hydrogen (secondary N) is 2. The molecular formula is C11H19F3N2O3. The summed E-state index contributed by atoms with van der Waals surface area (Å²) >= 11 is 0. The van der Waals surface area contributed by atoms with Gasteiger partial charge in [0.2, 0.25) is 0 Å². The van der Waals surface area contributed by atoms with E-state index in [1.807, 2.05) is 0 Å². The summed E-state index contributed by atoms with van der Waals surface area (Å²) in [6.07, 6.45) is -4.77. The fourth-order valence-corrected chi connectivity index (χ4v) is 1.24. The third-order valence-corrected chi connectivity index (χ3v) is 2.74. The van der Waals surface area contributed by atoms with E-state index in [-0.39, 0.29) is 25.8 Å². The maximum absolute atomic E-state index is 11.8. The summed E-state index contributed by atoms with van der Waals surface area (Å²) in [6, 6.07) is -0.696. The Morgan fingerprint density at radius 1 is 1.21 bits per heavy atom. The summed E-state index contributed by atoms with van der Waals surface area (Å²) in [5.74, 6) is -1.16. The van der Waals surface area contributed by atoms with E-state index in [4.69, 9.17) is 5.11 Å². The van der Waals surface area contributed by atoms with Gasteiger partial charge in [-0.05, 0) is 26.2 Å². The fraction of sp³-hybridized carbons (Fsp3) is 0.818. The standard InChI is InChI=1S/C11H19F3N2O3/c1-3-10(2,8(17)18)16-9(19)15-7-5-4-6-11(12,13)14/h3-7H2,1-2H3,(H,17,18)(H2,15,16,19). The van der Waals surface area contributed by atoms with Crippen molar-refractivity contribution >= 4 is 12.0 Å². The van der Waals surface area contributed by atoms with Crippen LogP contribution in [-0.4, -0.2) is 35.4 Å². The number of hydrogen-bond acceptors (Lipinski definition) is 2. The molecule has 0 aromatic rings. The molecule has 0 bridgehead atoms. The van der Waals surface area contributed by atoms with Gasteiger partial charge in [0.25, 0.3) is 0 Å². The number of carbonyl (C=O) groups excluding carboxylic acids is 1. The lowest BCUT2D eigenvalue weighted by Crippen LogP contribution is -2.54. The molecule has 2 amide bonds. The van der Waals surface area contributed by atoms with Crippen LogP contribution in [0.15, 0.2) is 0 Å². The molecule has 19 heavy (non-hydrogen) atoms.